The van der Waals surface area contributed by atoms with Gasteiger partial charge < -0.3 is 10.3 Å². The van der Waals surface area contributed by atoms with E-state index in [1.54, 1.807) is 12.1 Å². The predicted molar refractivity (Wildman–Crippen MR) is 72.5 cm³/mol. The van der Waals surface area contributed by atoms with Crippen LogP contribution in [0.2, 0.25) is 0 Å². The molecule has 0 aliphatic heterocycles. The second kappa shape index (κ2) is 5.02. The number of nitrogens with one attached hydrogen (secondary N) is 1. The Labute approximate surface area is 112 Å². The topological polar surface area (TPSA) is 107 Å². The molecule has 19 heavy (non-hydrogen) atoms. The molecule has 0 radical (unpaired) electrons. The second-order valence-electron chi connectivity index (χ2n) is 3.87. The zero-order valence-electron chi connectivity index (χ0n) is 9.70. The maximum absolute atomic E-state index is 11.1. The minimum atomic E-state index is -0.468. The fraction of sp³-hybridized carbons (Fsp3) is 0.0909. The number of nitro groups is 1. The number of nitrogens with zero attached hydrogens (tertiary/aromatic N) is 2. The van der Waals surface area contributed by atoms with Gasteiger partial charge in [0.1, 0.15) is 5.82 Å². The average Bonchev–Trinajstić information content (AvgIpc) is 2.34. The maximum Gasteiger partial charge on any atom is 0.269 e. The van der Waals surface area contributed by atoms with E-state index in [-0.39, 0.29) is 21.8 Å². The highest BCUT2D eigenvalue weighted by Gasteiger charge is 2.06. The van der Waals surface area contributed by atoms with E-state index in [0.29, 0.717) is 6.54 Å². The Morgan fingerprint density at radius 1 is 1.37 bits per heavy atom. The van der Waals surface area contributed by atoms with Gasteiger partial charge in [-0.3, -0.25) is 19.9 Å². The normalized spacial score (nSPS) is 10.3. The van der Waals surface area contributed by atoms with Crippen molar-refractivity contribution in [3.63, 3.8) is 0 Å². The SMILES string of the molecule is Nc1cc(=O)[nH]c(=S)n1Cc1ccc([N+](=O)[O-])cc1. The Morgan fingerprint density at radius 2 is 2.00 bits per heavy atom. The van der Waals surface area contributed by atoms with Crippen molar-refractivity contribution in [1.82, 2.24) is 9.55 Å². The summed E-state index contributed by atoms with van der Waals surface area (Å²) in [6, 6.07) is 7.28. The maximum atomic E-state index is 11.1. The number of anilines is 1. The fourth-order valence-electron chi connectivity index (χ4n) is 1.61. The van der Waals surface area contributed by atoms with E-state index in [1.165, 1.54) is 22.8 Å². The summed E-state index contributed by atoms with van der Waals surface area (Å²) in [6.07, 6.45) is 0. The lowest BCUT2D eigenvalue weighted by Gasteiger charge is -2.09. The van der Waals surface area contributed by atoms with Gasteiger partial charge in [-0.2, -0.15) is 0 Å². The van der Waals surface area contributed by atoms with Gasteiger partial charge in [-0.15, -0.1) is 0 Å². The molecule has 0 aliphatic carbocycles. The number of hydrogen-bond acceptors (Lipinski definition) is 5. The molecule has 0 aliphatic rings. The van der Waals surface area contributed by atoms with Gasteiger partial charge in [0.25, 0.3) is 11.2 Å². The molecule has 3 N–H and O–H groups in total. The molecule has 0 saturated heterocycles. The van der Waals surface area contributed by atoms with Gasteiger partial charge in [0.15, 0.2) is 4.77 Å². The number of nitro benzene ring substituents is 1. The Bertz CT molecular complexity index is 733. The summed E-state index contributed by atoms with van der Waals surface area (Å²) in [4.78, 5) is 23.7. The number of hydrogen-bond donors (Lipinski definition) is 2. The van der Waals surface area contributed by atoms with Crippen molar-refractivity contribution >= 4 is 23.7 Å². The number of non-ortho nitro benzene ring substituents is 1. The summed E-state index contributed by atoms with van der Waals surface area (Å²) in [5.41, 5.74) is 6.17. The molecular formula is C11H10N4O3S. The first-order valence-electron chi connectivity index (χ1n) is 5.30. The van der Waals surface area contributed by atoms with Gasteiger partial charge in [0, 0.05) is 18.2 Å². The summed E-state index contributed by atoms with van der Waals surface area (Å²) in [5, 5.41) is 10.5. The Morgan fingerprint density at radius 3 is 2.53 bits per heavy atom. The van der Waals surface area contributed by atoms with Crippen molar-refractivity contribution in [1.29, 1.82) is 0 Å². The number of rotatable bonds is 3. The molecule has 0 bridgehead atoms. The van der Waals surface area contributed by atoms with E-state index in [2.05, 4.69) is 4.98 Å². The van der Waals surface area contributed by atoms with Gasteiger partial charge in [-0.05, 0) is 17.8 Å². The summed E-state index contributed by atoms with van der Waals surface area (Å²) < 4.78 is 1.75. The Kier molecular flexibility index (Phi) is 3.43. The van der Waals surface area contributed by atoms with E-state index in [1.807, 2.05) is 0 Å². The molecule has 1 aromatic heterocycles. The van der Waals surface area contributed by atoms with Crippen molar-refractivity contribution < 1.29 is 4.92 Å². The molecule has 0 spiro atoms. The third-order valence-corrected chi connectivity index (χ3v) is 2.88. The van der Waals surface area contributed by atoms with Crippen molar-refractivity contribution in [2.45, 2.75) is 6.54 Å². The molecule has 98 valence electrons. The zero-order valence-corrected chi connectivity index (χ0v) is 10.5. The molecule has 0 unspecified atom stereocenters. The Balaban J connectivity index is 2.34. The second-order valence-corrected chi connectivity index (χ2v) is 4.26. The average molecular weight is 278 g/mol. The van der Waals surface area contributed by atoms with Gasteiger partial charge in [0.2, 0.25) is 0 Å². The van der Waals surface area contributed by atoms with Crippen molar-refractivity contribution in [3.8, 4) is 0 Å². The first-order valence-corrected chi connectivity index (χ1v) is 5.71. The van der Waals surface area contributed by atoms with Crippen LogP contribution < -0.4 is 11.3 Å². The number of aromatic amines is 1. The van der Waals surface area contributed by atoms with E-state index in [0.717, 1.165) is 5.56 Å². The van der Waals surface area contributed by atoms with Crippen LogP contribution in [0, 0.1) is 14.9 Å². The fourth-order valence-corrected chi connectivity index (χ4v) is 1.88. The molecule has 1 aromatic carbocycles. The quantitative estimate of drug-likeness (QED) is 0.502. The van der Waals surface area contributed by atoms with Crippen LogP contribution in [-0.4, -0.2) is 14.5 Å². The zero-order chi connectivity index (χ0) is 14.0. The molecular weight excluding hydrogens is 268 g/mol. The van der Waals surface area contributed by atoms with Crippen LogP contribution >= 0.6 is 12.2 Å². The highest BCUT2D eigenvalue weighted by atomic mass is 32.1. The third-order valence-electron chi connectivity index (χ3n) is 2.55. The van der Waals surface area contributed by atoms with Gasteiger partial charge in [-0.1, -0.05) is 12.1 Å². The van der Waals surface area contributed by atoms with Crippen LogP contribution in [0.1, 0.15) is 5.56 Å². The lowest BCUT2D eigenvalue weighted by molar-refractivity contribution is -0.384. The van der Waals surface area contributed by atoms with Gasteiger partial charge >= 0.3 is 0 Å². The first kappa shape index (κ1) is 13.0. The molecule has 1 heterocycles. The molecule has 0 atom stereocenters. The van der Waals surface area contributed by atoms with Crippen molar-refractivity contribution in [2.24, 2.45) is 0 Å². The number of aromatic nitrogens is 2. The van der Waals surface area contributed by atoms with E-state index in [4.69, 9.17) is 18.0 Å². The van der Waals surface area contributed by atoms with Crippen molar-refractivity contribution in [3.05, 3.63) is 61.1 Å². The summed E-state index contributed by atoms with van der Waals surface area (Å²) >= 11 is 5.01. The highest BCUT2D eigenvalue weighted by Crippen LogP contribution is 2.13. The number of H-pyrrole nitrogens is 1. The van der Waals surface area contributed by atoms with E-state index < -0.39 is 4.92 Å². The number of benzene rings is 1. The monoisotopic (exact) mass is 278 g/mol. The standard InChI is InChI=1S/C11H10N4O3S/c12-9-5-10(16)13-11(19)14(9)6-7-1-3-8(4-2-7)15(17)18/h1-5H,6,12H2,(H,13,16,19). The van der Waals surface area contributed by atoms with E-state index in [9.17, 15) is 14.9 Å². The molecule has 2 aromatic rings. The molecule has 2 rings (SSSR count). The summed E-state index contributed by atoms with van der Waals surface area (Å²) in [5.74, 6) is 0.243. The first-order chi connectivity index (χ1) is 8.97. The highest BCUT2D eigenvalue weighted by molar-refractivity contribution is 7.71. The molecule has 7 nitrogen and oxygen atoms in total. The van der Waals surface area contributed by atoms with Crippen LogP contribution in [0.25, 0.3) is 0 Å². The lowest BCUT2D eigenvalue weighted by Crippen LogP contribution is -2.16. The van der Waals surface area contributed by atoms with Crippen LogP contribution in [0.3, 0.4) is 0 Å². The predicted octanol–water partition coefficient (Wildman–Crippen LogP) is 1.44. The summed E-state index contributed by atoms with van der Waals surface area (Å²) in [7, 11) is 0. The lowest BCUT2D eigenvalue weighted by atomic mass is 10.2. The van der Waals surface area contributed by atoms with Gasteiger partial charge in [-0.25, -0.2) is 0 Å². The molecule has 8 heteroatoms. The van der Waals surface area contributed by atoms with Crippen molar-refractivity contribution in [2.75, 3.05) is 5.73 Å². The smallest absolute Gasteiger partial charge is 0.269 e. The Hall–Kier alpha value is -2.48. The largest absolute Gasteiger partial charge is 0.385 e. The molecule has 0 amide bonds. The van der Waals surface area contributed by atoms with Gasteiger partial charge in [0.05, 0.1) is 11.5 Å². The minimum absolute atomic E-state index is 0.0155. The molecule has 0 fully saturated rings. The van der Waals surface area contributed by atoms with Crippen LogP contribution in [0.4, 0.5) is 11.5 Å². The van der Waals surface area contributed by atoms with Crippen LogP contribution in [0.15, 0.2) is 35.1 Å². The third kappa shape index (κ3) is 2.86. The number of nitrogen functional groups attached to an aromatic ring is 1. The summed E-state index contributed by atoms with van der Waals surface area (Å²) in [6.45, 7) is 0.333. The van der Waals surface area contributed by atoms with Crippen LogP contribution in [0.5, 0.6) is 0 Å². The minimum Gasteiger partial charge on any atom is -0.385 e. The molecule has 0 saturated carbocycles. The number of nitrogens with two attached hydrogens (primary N) is 1. The van der Waals surface area contributed by atoms with E-state index >= 15 is 0 Å². The van der Waals surface area contributed by atoms with Crippen LogP contribution in [-0.2, 0) is 6.54 Å².